The number of aliphatic hydroxyl groups is 1. The Morgan fingerprint density at radius 2 is 2.18 bits per heavy atom. The maximum absolute atomic E-state index is 11.5. The van der Waals surface area contributed by atoms with E-state index in [1.807, 2.05) is 6.92 Å². The van der Waals surface area contributed by atoms with Gasteiger partial charge in [0.15, 0.2) is 0 Å². The molecule has 0 spiro atoms. The van der Waals surface area contributed by atoms with E-state index in [2.05, 4.69) is 10.6 Å². The molecule has 1 fully saturated rings. The van der Waals surface area contributed by atoms with Gasteiger partial charge in [0, 0.05) is 13.0 Å². The van der Waals surface area contributed by atoms with E-state index in [0.29, 0.717) is 25.3 Å². The van der Waals surface area contributed by atoms with E-state index in [0.717, 1.165) is 25.9 Å². The Hall–Kier alpha value is -0.610. The van der Waals surface area contributed by atoms with Crippen LogP contribution in [0.5, 0.6) is 0 Å². The molecule has 100 valence electrons. The molecule has 0 saturated carbocycles. The van der Waals surface area contributed by atoms with Gasteiger partial charge in [-0.3, -0.25) is 4.79 Å². The molecule has 17 heavy (non-hydrogen) atoms. The van der Waals surface area contributed by atoms with Crippen molar-refractivity contribution >= 4 is 5.91 Å². The maximum Gasteiger partial charge on any atom is 0.220 e. The van der Waals surface area contributed by atoms with Crippen LogP contribution in [0.4, 0.5) is 0 Å². The standard InChI is InChI=1S/C13H26N2O2/c1-2-12(16)7-10-15-13(17)4-3-11-5-8-14-9-6-11/h11-12,14,16H,2-10H2,1H3,(H,15,17). The largest absolute Gasteiger partial charge is 0.393 e. The normalized spacial score (nSPS) is 18.9. The summed E-state index contributed by atoms with van der Waals surface area (Å²) in [6.07, 6.45) is 5.17. The highest BCUT2D eigenvalue weighted by Crippen LogP contribution is 2.17. The summed E-state index contributed by atoms with van der Waals surface area (Å²) in [4.78, 5) is 11.5. The number of hydrogen-bond donors (Lipinski definition) is 3. The van der Waals surface area contributed by atoms with Gasteiger partial charge in [-0.2, -0.15) is 0 Å². The predicted octanol–water partition coefficient (Wildman–Crippen LogP) is 1.04. The highest BCUT2D eigenvalue weighted by atomic mass is 16.3. The maximum atomic E-state index is 11.5. The molecule has 4 nitrogen and oxygen atoms in total. The van der Waals surface area contributed by atoms with Crippen LogP contribution >= 0.6 is 0 Å². The first kappa shape index (κ1) is 14.5. The van der Waals surface area contributed by atoms with Crippen molar-refractivity contribution in [1.82, 2.24) is 10.6 Å². The van der Waals surface area contributed by atoms with Crippen LogP contribution in [0, 0.1) is 5.92 Å². The fourth-order valence-electron chi connectivity index (χ4n) is 2.18. The molecule has 1 unspecified atom stereocenters. The molecule has 1 aliphatic rings. The lowest BCUT2D eigenvalue weighted by atomic mass is 9.93. The zero-order valence-electron chi connectivity index (χ0n) is 10.9. The van der Waals surface area contributed by atoms with Gasteiger partial charge in [-0.15, -0.1) is 0 Å². The van der Waals surface area contributed by atoms with Crippen molar-refractivity contribution in [3.05, 3.63) is 0 Å². The summed E-state index contributed by atoms with van der Waals surface area (Å²) >= 11 is 0. The van der Waals surface area contributed by atoms with Gasteiger partial charge in [0.25, 0.3) is 0 Å². The summed E-state index contributed by atoms with van der Waals surface area (Å²) in [5.74, 6) is 0.843. The van der Waals surface area contributed by atoms with Gasteiger partial charge < -0.3 is 15.7 Å². The topological polar surface area (TPSA) is 61.4 Å². The monoisotopic (exact) mass is 242 g/mol. The number of rotatable bonds is 7. The van der Waals surface area contributed by atoms with Crippen LogP contribution < -0.4 is 10.6 Å². The molecule has 0 aromatic carbocycles. The summed E-state index contributed by atoms with van der Waals surface area (Å²) in [5.41, 5.74) is 0. The van der Waals surface area contributed by atoms with Crippen LogP contribution in [0.3, 0.4) is 0 Å². The van der Waals surface area contributed by atoms with E-state index in [1.54, 1.807) is 0 Å². The van der Waals surface area contributed by atoms with Crippen molar-refractivity contribution in [3.63, 3.8) is 0 Å². The molecular formula is C13H26N2O2. The summed E-state index contributed by atoms with van der Waals surface area (Å²) in [5, 5.41) is 15.5. The van der Waals surface area contributed by atoms with Crippen molar-refractivity contribution in [2.24, 2.45) is 5.92 Å². The Balaban J connectivity index is 2.00. The first-order valence-electron chi connectivity index (χ1n) is 6.87. The molecule has 1 rings (SSSR count). The minimum atomic E-state index is -0.278. The zero-order chi connectivity index (χ0) is 12.5. The Labute approximate surface area is 104 Å². The van der Waals surface area contributed by atoms with Crippen LogP contribution in [-0.4, -0.2) is 36.8 Å². The molecule has 0 bridgehead atoms. The Morgan fingerprint density at radius 1 is 1.47 bits per heavy atom. The lowest BCUT2D eigenvalue weighted by Crippen LogP contribution is -2.30. The highest BCUT2D eigenvalue weighted by molar-refractivity contribution is 5.75. The fourth-order valence-corrected chi connectivity index (χ4v) is 2.18. The SMILES string of the molecule is CCC(O)CCNC(=O)CCC1CCNCC1. The van der Waals surface area contributed by atoms with Crippen LogP contribution in [0.15, 0.2) is 0 Å². The third kappa shape index (κ3) is 6.64. The van der Waals surface area contributed by atoms with Crippen LogP contribution in [-0.2, 0) is 4.79 Å². The predicted molar refractivity (Wildman–Crippen MR) is 68.8 cm³/mol. The second kappa shape index (κ2) is 8.48. The van der Waals surface area contributed by atoms with Crippen molar-refractivity contribution in [2.75, 3.05) is 19.6 Å². The molecule has 0 radical (unpaired) electrons. The quantitative estimate of drug-likeness (QED) is 0.625. The first-order chi connectivity index (χ1) is 8.22. The summed E-state index contributed by atoms with van der Waals surface area (Å²) < 4.78 is 0. The fraction of sp³-hybridized carbons (Fsp3) is 0.923. The average Bonchev–Trinajstić information content (AvgIpc) is 2.37. The number of piperidine rings is 1. The van der Waals surface area contributed by atoms with Gasteiger partial charge in [0.2, 0.25) is 5.91 Å². The van der Waals surface area contributed by atoms with E-state index in [4.69, 9.17) is 0 Å². The van der Waals surface area contributed by atoms with Gasteiger partial charge >= 0.3 is 0 Å². The van der Waals surface area contributed by atoms with Crippen molar-refractivity contribution in [1.29, 1.82) is 0 Å². The average molecular weight is 242 g/mol. The van der Waals surface area contributed by atoms with Crippen molar-refractivity contribution in [3.8, 4) is 0 Å². The van der Waals surface area contributed by atoms with Gasteiger partial charge in [-0.05, 0) is 51.1 Å². The van der Waals surface area contributed by atoms with Crippen molar-refractivity contribution in [2.45, 2.75) is 51.6 Å². The Kier molecular flexibility index (Phi) is 7.21. The molecule has 1 aliphatic heterocycles. The number of carbonyl (C=O) groups is 1. The molecular weight excluding hydrogens is 216 g/mol. The van der Waals surface area contributed by atoms with Gasteiger partial charge in [0.1, 0.15) is 0 Å². The second-order valence-corrected chi connectivity index (χ2v) is 4.93. The van der Waals surface area contributed by atoms with E-state index in [-0.39, 0.29) is 12.0 Å². The molecule has 1 amide bonds. The van der Waals surface area contributed by atoms with Crippen molar-refractivity contribution < 1.29 is 9.90 Å². The third-order valence-electron chi connectivity index (χ3n) is 3.51. The van der Waals surface area contributed by atoms with Gasteiger partial charge in [-0.25, -0.2) is 0 Å². The summed E-state index contributed by atoms with van der Waals surface area (Å²) in [6.45, 7) is 4.73. The van der Waals surface area contributed by atoms with Gasteiger partial charge in [0.05, 0.1) is 6.10 Å². The molecule has 0 aliphatic carbocycles. The zero-order valence-corrected chi connectivity index (χ0v) is 10.9. The third-order valence-corrected chi connectivity index (χ3v) is 3.51. The first-order valence-corrected chi connectivity index (χ1v) is 6.87. The number of carbonyl (C=O) groups excluding carboxylic acids is 1. The molecule has 0 aromatic rings. The molecule has 3 N–H and O–H groups in total. The Bertz CT molecular complexity index is 215. The van der Waals surface area contributed by atoms with E-state index in [1.165, 1.54) is 12.8 Å². The molecule has 1 saturated heterocycles. The molecule has 1 heterocycles. The van der Waals surface area contributed by atoms with Gasteiger partial charge in [-0.1, -0.05) is 6.92 Å². The number of aliphatic hydroxyl groups excluding tert-OH is 1. The molecule has 4 heteroatoms. The van der Waals surface area contributed by atoms with E-state index >= 15 is 0 Å². The minimum absolute atomic E-state index is 0.131. The van der Waals surface area contributed by atoms with Crippen LogP contribution in [0.1, 0.15) is 45.4 Å². The molecule has 0 aromatic heterocycles. The number of amides is 1. The lowest BCUT2D eigenvalue weighted by Gasteiger charge is -2.22. The number of nitrogens with one attached hydrogen (secondary N) is 2. The minimum Gasteiger partial charge on any atom is -0.393 e. The lowest BCUT2D eigenvalue weighted by molar-refractivity contribution is -0.121. The summed E-state index contributed by atoms with van der Waals surface area (Å²) in [6, 6.07) is 0. The number of hydrogen-bond acceptors (Lipinski definition) is 3. The van der Waals surface area contributed by atoms with Crippen LogP contribution in [0.2, 0.25) is 0 Å². The van der Waals surface area contributed by atoms with E-state index < -0.39 is 0 Å². The van der Waals surface area contributed by atoms with Crippen LogP contribution in [0.25, 0.3) is 0 Å². The smallest absolute Gasteiger partial charge is 0.220 e. The van der Waals surface area contributed by atoms with E-state index in [9.17, 15) is 9.90 Å². The molecule has 1 atom stereocenters. The highest BCUT2D eigenvalue weighted by Gasteiger charge is 2.14. The summed E-state index contributed by atoms with van der Waals surface area (Å²) in [7, 11) is 0. The Morgan fingerprint density at radius 3 is 2.82 bits per heavy atom. The second-order valence-electron chi connectivity index (χ2n) is 4.93.